The second-order valence-corrected chi connectivity index (χ2v) is 8.89. The lowest BCUT2D eigenvalue weighted by atomic mass is 10.2. The third-order valence-electron chi connectivity index (χ3n) is 4.46. The minimum absolute atomic E-state index is 0.0226. The van der Waals surface area contributed by atoms with E-state index >= 15 is 0 Å². The van der Waals surface area contributed by atoms with E-state index in [9.17, 15) is 13.2 Å². The number of carbonyl (C=O) groups is 1. The Balaban J connectivity index is 1.66. The molecule has 154 valence electrons. The van der Waals surface area contributed by atoms with Gasteiger partial charge in [-0.25, -0.2) is 8.42 Å². The zero-order chi connectivity index (χ0) is 21.1. The van der Waals surface area contributed by atoms with E-state index in [0.717, 1.165) is 0 Å². The molecule has 7 nitrogen and oxygen atoms in total. The van der Waals surface area contributed by atoms with Gasteiger partial charge in [0.2, 0.25) is 15.7 Å². The molecule has 0 spiro atoms. The minimum Gasteiger partial charge on any atom is -0.468 e. The number of H-pyrrole nitrogens is 1. The third-order valence-corrected chi connectivity index (χ3v) is 6.55. The molecule has 0 radical (unpaired) electrons. The van der Waals surface area contributed by atoms with Crippen molar-refractivity contribution in [2.24, 2.45) is 0 Å². The van der Waals surface area contributed by atoms with Crippen LogP contribution in [0.2, 0.25) is 5.02 Å². The van der Waals surface area contributed by atoms with Crippen LogP contribution in [0.1, 0.15) is 5.76 Å². The van der Waals surface area contributed by atoms with Crippen molar-refractivity contribution < 1.29 is 17.6 Å². The molecule has 0 unspecified atom stereocenters. The highest BCUT2D eigenvalue weighted by molar-refractivity contribution is 7.92. The molecule has 4 aromatic rings. The Morgan fingerprint density at radius 3 is 2.60 bits per heavy atom. The van der Waals surface area contributed by atoms with Crippen LogP contribution in [0.3, 0.4) is 0 Å². The third kappa shape index (κ3) is 4.11. The van der Waals surface area contributed by atoms with Gasteiger partial charge in [-0.05, 0) is 42.5 Å². The van der Waals surface area contributed by atoms with E-state index in [2.05, 4.69) is 15.6 Å². The molecular formula is C21H18ClN3O4S. The summed E-state index contributed by atoms with van der Waals surface area (Å²) in [6.45, 7) is 0.347. The molecule has 2 heterocycles. The summed E-state index contributed by atoms with van der Waals surface area (Å²) in [4.78, 5) is 15.5. The first kappa shape index (κ1) is 20.2. The van der Waals surface area contributed by atoms with Crippen LogP contribution in [0.4, 0.5) is 5.82 Å². The predicted octanol–water partition coefficient (Wildman–Crippen LogP) is 3.98. The van der Waals surface area contributed by atoms with Gasteiger partial charge in [0.05, 0.1) is 24.2 Å². The number of fused-ring (bicyclic) bond motifs is 1. The average molecular weight is 444 g/mol. The highest BCUT2D eigenvalue weighted by atomic mass is 35.5. The van der Waals surface area contributed by atoms with Gasteiger partial charge in [0.15, 0.2) is 0 Å². The first-order chi connectivity index (χ1) is 14.4. The van der Waals surface area contributed by atoms with Crippen molar-refractivity contribution in [2.45, 2.75) is 16.3 Å². The Kier molecular flexibility index (Phi) is 5.63. The number of furan rings is 1. The lowest BCUT2D eigenvalue weighted by Crippen LogP contribution is -2.28. The smallest absolute Gasteiger partial charge is 0.239 e. The molecule has 2 aromatic carbocycles. The van der Waals surface area contributed by atoms with Crippen LogP contribution in [0.25, 0.3) is 10.9 Å². The normalized spacial score (nSPS) is 11.6. The summed E-state index contributed by atoms with van der Waals surface area (Å²) in [5.74, 6) is 0.389. The van der Waals surface area contributed by atoms with Gasteiger partial charge in [-0.2, -0.15) is 0 Å². The highest BCUT2D eigenvalue weighted by Gasteiger charge is 2.27. The number of sulfone groups is 1. The lowest BCUT2D eigenvalue weighted by Gasteiger charge is -2.09. The molecule has 1 amide bonds. The Bertz CT molecular complexity index is 1280. The molecule has 0 bridgehead atoms. The summed E-state index contributed by atoms with van der Waals surface area (Å²) in [5.41, 5.74) is 0.549. The summed E-state index contributed by atoms with van der Waals surface area (Å²) in [7, 11) is -3.91. The lowest BCUT2D eigenvalue weighted by molar-refractivity contribution is -0.115. The Morgan fingerprint density at radius 1 is 1.07 bits per heavy atom. The van der Waals surface area contributed by atoms with Gasteiger partial charge < -0.3 is 20.0 Å². The van der Waals surface area contributed by atoms with E-state index in [-0.39, 0.29) is 22.2 Å². The van der Waals surface area contributed by atoms with Crippen LogP contribution in [0.5, 0.6) is 0 Å². The standard InChI is InChI=1S/C21H18ClN3O4S/c22-14-8-9-18-17(11-14)20(30(27,28)16-6-2-1-3-7-16)21(24-18)25-19(26)13-23-12-15-5-4-10-29-15/h1-11,23-24H,12-13H2,(H,25,26). The van der Waals surface area contributed by atoms with Gasteiger partial charge >= 0.3 is 0 Å². The number of carbonyl (C=O) groups excluding carboxylic acids is 1. The van der Waals surface area contributed by atoms with Gasteiger partial charge in [-0.15, -0.1) is 0 Å². The molecule has 0 saturated heterocycles. The molecule has 0 saturated carbocycles. The monoisotopic (exact) mass is 443 g/mol. The number of aromatic nitrogens is 1. The topological polar surface area (TPSA) is 104 Å². The van der Waals surface area contributed by atoms with Gasteiger partial charge in [0.1, 0.15) is 16.5 Å². The van der Waals surface area contributed by atoms with Crippen molar-refractivity contribution in [3.63, 3.8) is 0 Å². The zero-order valence-electron chi connectivity index (χ0n) is 15.7. The number of aromatic amines is 1. The molecule has 3 N–H and O–H groups in total. The van der Waals surface area contributed by atoms with E-state index < -0.39 is 15.7 Å². The Labute approximate surface area is 178 Å². The number of benzene rings is 2. The maximum atomic E-state index is 13.3. The second kappa shape index (κ2) is 8.35. The molecule has 0 aliphatic carbocycles. The van der Waals surface area contributed by atoms with Gasteiger partial charge in [-0.1, -0.05) is 29.8 Å². The van der Waals surface area contributed by atoms with E-state index in [1.807, 2.05) is 0 Å². The first-order valence-corrected chi connectivity index (χ1v) is 11.0. The van der Waals surface area contributed by atoms with Crippen molar-refractivity contribution in [3.8, 4) is 0 Å². The largest absolute Gasteiger partial charge is 0.468 e. The molecular weight excluding hydrogens is 426 g/mol. The molecule has 0 atom stereocenters. The predicted molar refractivity (Wildman–Crippen MR) is 114 cm³/mol. The summed E-state index contributed by atoms with van der Waals surface area (Å²) < 4.78 is 31.9. The van der Waals surface area contributed by atoms with Crippen LogP contribution < -0.4 is 10.6 Å². The quantitative estimate of drug-likeness (QED) is 0.401. The van der Waals surface area contributed by atoms with Crippen LogP contribution >= 0.6 is 11.6 Å². The van der Waals surface area contributed by atoms with Crippen LogP contribution in [-0.2, 0) is 21.2 Å². The van der Waals surface area contributed by atoms with Crippen molar-refractivity contribution in [1.82, 2.24) is 10.3 Å². The van der Waals surface area contributed by atoms with E-state index in [1.54, 1.807) is 54.8 Å². The highest BCUT2D eigenvalue weighted by Crippen LogP contribution is 2.36. The molecule has 9 heteroatoms. The molecule has 2 aromatic heterocycles. The fraction of sp³-hybridized carbons (Fsp3) is 0.0952. The van der Waals surface area contributed by atoms with Crippen molar-refractivity contribution in [2.75, 3.05) is 11.9 Å². The summed E-state index contributed by atoms with van der Waals surface area (Å²) in [6.07, 6.45) is 1.55. The number of rotatable bonds is 7. The van der Waals surface area contributed by atoms with E-state index in [4.69, 9.17) is 16.0 Å². The van der Waals surface area contributed by atoms with Crippen molar-refractivity contribution in [3.05, 3.63) is 77.7 Å². The van der Waals surface area contributed by atoms with Gasteiger partial charge in [0, 0.05) is 15.9 Å². The summed E-state index contributed by atoms with van der Waals surface area (Å²) in [5, 5.41) is 6.42. The fourth-order valence-electron chi connectivity index (χ4n) is 3.12. The molecule has 0 aliphatic rings. The summed E-state index contributed by atoms with van der Waals surface area (Å²) in [6, 6.07) is 16.5. The number of hydrogen-bond donors (Lipinski definition) is 3. The number of hydrogen-bond acceptors (Lipinski definition) is 5. The second-order valence-electron chi connectivity index (χ2n) is 6.57. The maximum absolute atomic E-state index is 13.3. The van der Waals surface area contributed by atoms with Crippen molar-refractivity contribution >= 4 is 44.1 Å². The molecule has 0 fully saturated rings. The van der Waals surface area contributed by atoms with Gasteiger partial charge in [-0.3, -0.25) is 4.79 Å². The Hall–Kier alpha value is -3.07. The number of amides is 1. The van der Waals surface area contributed by atoms with Crippen LogP contribution in [0, 0.1) is 0 Å². The average Bonchev–Trinajstić information content (AvgIpc) is 3.36. The molecule has 0 aliphatic heterocycles. The fourth-order valence-corrected chi connectivity index (χ4v) is 4.87. The Morgan fingerprint density at radius 2 is 1.87 bits per heavy atom. The van der Waals surface area contributed by atoms with Gasteiger partial charge in [0.25, 0.3) is 0 Å². The van der Waals surface area contributed by atoms with Crippen molar-refractivity contribution in [1.29, 1.82) is 0 Å². The first-order valence-electron chi connectivity index (χ1n) is 9.09. The molecule has 30 heavy (non-hydrogen) atoms. The minimum atomic E-state index is -3.91. The maximum Gasteiger partial charge on any atom is 0.239 e. The summed E-state index contributed by atoms with van der Waals surface area (Å²) >= 11 is 6.10. The zero-order valence-corrected chi connectivity index (χ0v) is 17.3. The van der Waals surface area contributed by atoms with Crippen LogP contribution in [0.15, 0.2) is 81.1 Å². The van der Waals surface area contributed by atoms with Crippen LogP contribution in [-0.4, -0.2) is 25.9 Å². The van der Waals surface area contributed by atoms with E-state index in [0.29, 0.717) is 28.2 Å². The SMILES string of the molecule is O=C(CNCc1ccco1)Nc1[nH]c2ccc(Cl)cc2c1S(=O)(=O)c1ccccc1. The molecule has 4 rings (SSSR count). The number of anilines is 1. The van der Waals surface area contributed by atoms with E-state index in [1.165, 1.54) is 12.1 Å². The number of nitrogens with one attached hydrogen (secondary N) is 3. The number of halogens is 1.